The number of carbonyl (C=O) groups excluding carboxylic acids is 2. The lowest BCUT2D eigenvalue weighted by Gasteiger charge is -2.36. The van der Waals surface area contributed by atoms with Gasteiger partial charge in [-0.1, -0.05) is 42.5 Å². The van der Waals surface area contributed by atoms with E-state index in [9.17, 15) is 14.0 Å². The molecule has 166 valence electrons. The van der Waals surface area contributed by atoms with Crippen LogP contribution < -0.4 is 5.32 Å². The number of amides is 2. The molecule has 0 bridgehead atoms. The van der Waals surface area contributed by atoms with Gasteiger partial charge in [-0.15, -0.1) is 0 Å². The number of esters is 1. The van der Waals surface area contributed by atoms with Crippen molar-refractivity contribution in [2.24, 2.45) is 0 Å². The molecule has 2 amide bonds. The van der Waals surface area contributed by atoms with Crippen LogP contribution in [0.15, 0.2) is 72.8 Å². The lowest BCUT2D eigenvalue weighted by Crippen LogP contribution is -2.43. The van der Waals surface area contributed by atoms with E-state index in [4.69, 9.17) is 4.74 Å². The Kier molecular flexibility index (Phi) is 5.30. The second-order valence-electron chi connectivity index (χ2n) is 7.93. The van der Waals surface area contributed by atoms with Crippen LogP contribution >= 0.6 is 0 Å². The molecule has 3 aromatic carbocycles. The fourth-order valence-electron chi connectivity index (χ4n) is 4.52. The Labute approximate surface area is 190 Å². The van der Waals surface area contributed by atoms with Crippen LogP contribution in [0.3, 0.4) is 0 Å². The number of nitrogens with zero attached hydrogens (tertiary/aromatic N) is 1. The standard InChI is InChI=1S/C26H22FN3O3/c1-33-25(31)20-7-3-5-9-22(20)29-26(32)30-15-14-19-18-6-2-4-8-21(18)28-23(19)24(30)16-10-12-17(27)13-11-16/h2-13,24,28H,14-15H2,1H3,(H,29,32). The Morgan fingerprint density at radius 2 is 1.76 bits per heavy atom. The highest BCUT2D eigenvalue weighted by molar-refractivity contribution is 6.01. The van der Waals surface area contributed by atoms with Gasteiger partial charge in [0.2, 0.25) is 0 Å². The lowest BCUT2D eigenvalue weighted by atomic mass is 9.92. The summed E-state index contributed by atoms with van der Waals surface area (Å²) in [7, 11) is 1.30. The number of hydrogen-bond acceptors (Lipinski definition) is 3. The molecule has 7 heteroatoms. The largest absolute Gasteiger partial charge is 0.465 e. The maximum Gasteiger partial charge on any atom is 0.339 e. The molecule has 0 spiro atoms. The molecule has 6 nitrogen and oxygen atoms in total. The van der Waals surface area contributed by atoms with Crippen LogP contribution in [0.2, 0.25) is 0 Å². The van der Waals surface area contributed by atoms with Crippen LogP contribution in [0.1, 0.15) is 33.2 Å². The number of nitrogens with one attached hydrogen (secondary N) is 2. The monoisotopic (exact) mass is 443 g/mol. The zero-order valence-electron chi connectivity index (χ0n) is 18.0. The van der Waals surface area contributed by atoms with E-state index in [1.807, 2.05) is 18.2 Å². The Hall–Kier alpha value is -4.13. The fraction of sp³-hybridized carbons (Fsp3) is 0.154. The second kappa shape index (κ2) is 8.43. The van der Waals surface area contributed by atoms with Crippen molar-refractivity contribution in [3.8, 4) is 0 Å². The third-order valence-electron chi connectivity index (χ3n) is 6.06. The smallest absolute Gasteiger partial charge is 0.339 e. The van der Waals surface area contributed by atoms with Gasteiger partial charge in [0.15, 0.2) is 0 Å². The summed E-state index contributed by atoms with van der Waals surface area (Å²) in [6.45, 7) is 0.461. The number of aromatic amines is 1. The lowest BCUT2D eigenvalue weighted by molar-refractivity contribution is 0.0602. The summed E-state index contributed by atoms with van der Waals surface area (Å²) in [5.41, 5.74) is 4.49. The summed E-state index contributed by atoms with van der Waals surface area (Å²) in [5, 5.41) is 3.99. The predicted molar refractivity (Wildman–Crippen MR) is 124 cm³/mol. The van der Waals surface area contributed by atoms with Gasteiger partial charge >= 0.3 is 12.0 Å². The van der Waals surface area contributed by atoms with E-state index in [-0.39, 0.29) is 17.4 Å². The highest BCUT2D eigenvalue weighted by Crippen LogP contribution is 2.38. The van der Waals surface area contributed by atoms with E-state index < -0.39 is 12.0 Å². The first-order valence-electron chi connectivity index (χ1n) is 10.7. The van der Waals surface area contributed by atoms with Crippen molar-refractivity contribution in [2.75, 3.05) is 19.0 Å². The normalized spacial score (nSPS) is 15.2. The summed E-state index contributed by atoms with van der Waals surface area (Å²) in [5.74, 6) is -0.869. The van der Waals surface area contributed by atoms with Crippen molar-refractivity contribution in [1.82, 2.24) is 9.88 Å². The zero-order valence-corrected chi connectivity index (χ0v) is 18.0. The Balaban J connectivity index is 1.56. The second-order valence-corrected chi connectivity index (χ2v) is 7.93. The van der Waals surface area contributed by atoms with Crippen LogP contribution in [0.5, 0.6) is 0 Å². The average molecular weight is 443 g/mol. The van der Waals surface area contributed by atoms with E-state index in [1.165, 1.54) is 19.2 Å². The van der Waals surface area contributed by atoms with Crippen molar-refractivity contribution >= 4 is 28.6 Å². The van der Waals surface area contributed by atoms with Crippen LogP contribution in [-0.4, -0.2) is 35.5 Å². The number of ether oxygens (including phenoxy) is 1. The number of carbonyl (C=O) groups is 2. The summed E-state index contributed by atoms with van der Waals surface area (Å²) in [6.07, 6.45) is 0.670. The summed E-state index contributed by atoms with van der Waals surface area (Å²) < 4.78 is 18.5. The minimum absolute atomic E-state index is 0.273. The molecule has 1 aromatic heterocycles. The molecule has 33 heavy (non-hydrogen) atoms. The fourth-order valence-corrected chi connectivity index (χ4v) is 4.52. The molecular formula is C26H22FN3O3. The van der Waals surface area contributed by atoms with Crippen LogP contribution in [0, 0.1) is 5.82 Å². The summed E-state index contributed by atoms with van der Waals surface area (Å²) in [6, 6.07) is 20.1. The molecule has 1 atom stereocenters. The van der Waals surface area contributed by atoms with Gasteiger partial charge in [-0.25, -0.2) is 14.0 Å². The first-order valence-corrected chi connectivity index (χ1v) is 10.7. The molecule has 2 heterocycles. The highest BCUT2D eigenvalue weighted by atomic mass is 19.1. The molecule has 4 aromatic rings. The van der Waals surface area contributed by atoms with Crippen molar-refractivity contribution in [3.05, 3.63) is 101 Å². The molecule has 0 saturated heterocycles. The van der Waals surface area contributed by atoms with Crippen LogP contribution in [0.4, 0.5) is 14.9 Å². The molecule has 1 unspecified atom stereocenters. The molecule has 2 N–H and O–H groups in total. The number of fused-ring (bicyclic) bond motifs is 3. The van der Waals surface area contributed by atoms with E-state index in [1.54, 1.807) is 41.3 Å². The van der Waals surface area contributed by atoms with Gasteiger partial charge in [0.05, 0.1) is 24.4 Å². The van der Waals surface area contributed by atoms with E-state index in [2.05, 4.69) is 16.4 Å². The van der Waals surface area contributed by atoms with Crippen molar-refractivity contribution in [1.29, 1.82) is 0 Å². The Bertz CT molecular complexity index is 1350. The predicted octanol–water partition coefficient (Wildman–Crippen LogP) is 5.27. The van der Waals surface area contributed by atoms with Crippen LogP contribution in [-0.2, 0) is 11.2 Å². The topological polar surface area (TPSA) is 74.4 Å². The average Bonchev–Trinajstić information content (AvgIpc) is 3.22. The SMILES string of the molecule is COC(=O)c1ccccc1NC(=O)N1CCc2c([nH]c3ccccc23)C1c1ccc(F)cc1. The van der Waals surface area contributed by atoms with Crippen molar-refractivity contribution < 1.29 is 18.7 Å². The molecule has 5 rings (SSSR count). The molecule has 0 radical (unpaired) electrons. The maximum absolute atomic E-state index is 13.7. The molecular weight excluding hydrogens is 421 g/mol. The molecule has 1 aliphatic rings. The number of anilines is 1. The number of para-hydroxylation sites is 2. The number of hydrogen-bond donors (Lipinski definition) is 2. The zero-order chi connectivity index (χ0) is 22.9. The van der Waals surface area contributed by atoms with Gasteiger partial charge in [0.25, 0.3) is 0 Å². The summed E-state index contributed by atoms with van der Waals surface area (Å²) >= 11 is 0. The summed E-state index contributed by atoms with van der Waals surface area (Å²) in [4.78, 5) is 30.8. The number of H-pyrrole nitrogens is 1. The maximum atomic E-state index is 13.7. The number of urea groups is 1. The van der Waals surface area contributed by atoms with Gasteiger partial charge < -0.3 is 19.9 Å². The van der Waals surface area contributed by atoms with Gasteiger partial charge in [-0.3, -0.25) is 0 Å². The van der Waals surface area contributed by atoms with E-state index >= 15 is 0 Å². The third kappa shape index (κ3) is 3.71. The molecule has 0 saturated carbocycles. The number of benzene rings is 3. The minimum Gasteiger partial charge on any atom is -0.465 e. The first kappa shape index (κ1) is 20.8. The Morgan fingerprint density at radius 3 is 2.55 bits per heavy atom. The van der Waals surface area contributed by atoms with Crippen molar-refractivity contribution in [2.45, 2.75) is 12.5 Å². The minimum atomic E-state index is -0.530. The number of halogens is 1. The van der Waals surface area contributed by atoms with Gasteiger partial charge in [0, 0.05) is 23.1 Å². The van der Waals surface area contributed by atoms with Gasteiger partial charge in [0.1, 0.15) is 5.82 Å². The van der Waals surface area contributed by atoms with Crippen LogP contribution in [0.25, 0.3) is 10.9 Å². The number of methoxy groups -OCH3 is 1. The Morgan fingerprint density at radius 1 is 1.03 bits per heavy atom. The van der Waals surface area contributed by atoms with Gasteiger partial charge in [-0.2, -0.15) is 0 Å². The third-order valence-corrected chi connectivity index (χ3v) is 6.06. The number of rotatable bonds is 3. The quantitative estimate of drug-likeness (QED) is 0.424. The molecule has 0 aliphatic carbocycles. The molecule has 1 aliphatic heterocycles. The number of aromatic nitrogens is 1. The van der Waals surface area contributed by atoms with Crippen molar-refractivity contribution in [3.63, 3.8) is 0 Å². The highest BCUT2D eigenvalue weighted by Gasteiger charge is 2.35. The molecule has 0 fully saturated rings. The van der Waals surface area contributed by atoms with E-state index in [0.717, 1.165) is 27.7 Å². The first-order chi connectivity index (χ1) is 16.1. The van der Waals surface area contributed by atoms with Gasteiger partial charge in [-0.05, 0) is 47.9 Å². The van der Waals surface area contributed by atoms with E-state index in [0.29, 0.717) is 18.7 Å².